The molecule has 2 rings (SSSR count). The van der Waals surface area contributed by atoms with E-state index in [9.17, 15) is 0 Å². The van der Waals surface area contributed by atoms with Crippen molar-refractivity contribution < 1.29 is 0 Å². The molecule has 0 heterocycles. The van der Waals surface area contributed by atoms with E-state index in [-0.39, 0.29) is 0 Å². The van der Waals surface area contributed by atoms with E-state index in [1.165, 1.54) is 11.3 Å². The lowest BCUT2D eigenvalue weighted by Gasteiger charge is -2.23. The fourth-order valence-electron chi connectivity index (χ4n) is 1.77. The van der Waals surface area contributed by atoms with Crippen LogP contribution in [0.3, 0.4) is 0 Å². The number of nitrogens with zero attached hydrogens (tertiary/aromatic N) is 1. The van der Waals surface area contributed by atoms with Gasteiger partial charge in [-0.1, -0.05) is 35.9 Å². The molecule has 1 radical (unpaired) electrons. The van der Waals surface area contributed by atoms with Crippen molar-refractivity contribution in [3.63, 3.8) is 0 Å². The lowest BCUT2D eigenvalue weighted by Crippen LogP contribution is -2.15. The molecule has 0 fully saturated rings. The van der Waals surface area contributed by atoms with Crippen molar-refractivity contribution in [3.8, 4) is 0 Å². The molecule has 16 heavy (non-hydrogen) atoms. The average Bonchev–Trinajstić information content (AvgIpc) is 2.34. The van der Waals surface area contributed by atoms with Crippen molar-refractivity contribution in [2.24, 2.45) is 0 Å². The zero-order chi connectivity index (χ0) is 11.4. The highest BCUT2D eigenvalue weighted by Gasteiger charge is 2.05. The topological polar surface area (TPSA) is 3.24 Å². The molecule has 0 saturated carbocycles. The first-order chi connectivity index (χ1) is 7.81. The lowest BCUT2D eigenvalue weighted by atomic mass is 10.2. The molecular weight excluding hydrogens is 194 g/mol. The third kappa shape index (κ3) is 2.25. The summed E-state index contributed by atoms with van der Waals surface area (Å²) in [5.74, 6) is 0. The first kappa shape index (κ1) is 10.7. The molecule has 0 aliphatic carbocycles. The summed E-state index contributed by atoms with van der Waals surface area (Å²) in [4.78, 5) is 2.25. The van der Waals surface area contributed by atoms with Gasteiger partial charge in [-0.3, -0.25) is 0 Å². The van der Waals surface area contributed by atoms with Gasteiger partial charge in [0.15, 0.2) is 0 Å². The van der Waals surface area contributed by atoms with Crippen LogP contribution in [0.5, 0.6) is 0 Å². The van der Waals surface area contributed by atoms with Gasteiger partial charge < -0.3 is 4.90 Å². The van der Waals surface area contributed by atoms with Gasteiger partial charge in [0.1, 0.15) is 0 Å². The van der Waals surface area contributed by atoms with Crippen LogP contribution in [-0.2, 0) is 0 Å². The fourth-order valence-corrected chi connectivity index (χ4v) is 1.77. The normalized spacial score (nSPS) is 10.1. The van der Waals surface area contributed by atoms with Crippen LogP contribution in [0.2, 0.25) is 0 Å². The molecule has 0 amide bonds. The molecule has 0 atom stereocenters. The van der Waals surface area contributed by atoms with Crippen molar-refractivity contribution in [2.45, 2.75) is 13.8 Å². The predicted molar refractivity (Wildman–Crippen MR) is 69.1 cm³/mol. The van der Waals surface area contributed by atoms with Gasteiger partial charge in [0, 0.05) is 24.0 Å². The molecule has 0 aromatic heterocycles. The highest BCUT2D eigenvalue weighted by atomic mass is 15.1. The van der Waals surface area contributed by atoms with Crippen LogP contribution in [0.4, 0.5) is 11.4 Å². The third-order valence-electron chi connectivity index (χ3n) is 2.65. The molecule has 0 saturated heterocycles. The van der Waals surface area contributed by atoms with Gasteiger partial charge in [-0.15, -0.1) is 0 Å². The second kappa shape index (κ2) is 4.84. The maximum atomic E-state index is 3.26. The molecular formula is C15H16N. The summed E-state index contributed by atoms with van der Waals surface area (Å²) < 4.78 is 0. The molecule has 2 aromatic rings. The Morgan fingerprint density at radius 1 is 1.06 bits per heavy atom. The summed E-state index contributed by atoms with van der Waals surface area (Å²) >= 11 is 0. The van der Waals surface area contributed by atoms with Gasteiger partial charge >= 0.3 is 0 Å². The first-order valence-electron chi connectivity index (χ1n) is 5.62. The minimum Gasteiger partial charge on any atom is -0.341 e. The fraction of sp³-hybridized carbons (Fsp3) is 0.200. The number of rotatable bonds is 3. The molecule has 2 aromatic carbocycles. The van der Waals surface area contributed by atoms with Crippen molar-refractivity contribution >= 4 is 11.4 Å². The van der Waals surface area contributed by atoms with Crippen LogP contribution in [-0.4, -0.2) is 6.54 Å². The smallest absolute Gasteiger partial charge is 0.0491 e. The summed E-state index contributed by atoms with van der Waals surface area (Å²) in [7, 11) is 0. The van der Waals surface area contributed by atoms with Crippen molar-refractivity contribution in [1.29, 1.82) is 0 Å². The minimum atomic E-state index is 0.948. The third-order valence-corrected chi connectivity index (χ3v) is 2.65. The highest BCUT2D eigenvalue weighted by molar-refractivity contribution is 5.62. The first-order valence-corrected chi connectivity index (χ1v) is 5.62. The highest BCUT2D eigenvalue weighted by Crippen LogP contribution is 2.24. The summed E-state index contributed by atoms with van der Waals surface area (Å²) in [6, 6.07) is 19.9. The number of benzene rings is 2. The molecule has 0 unspecified atom stereocenters. The van der Waals surface area contributed by atoms with E-state index in [1.54, 1.807) is 0 Å². The van der Waals surface area contributed by atoms with Crippen LogP contribution in [0.1, 0.15) is 12.5 Å². The Morgan fingerprint density at radius 3 is 2.38 bits per heavy atom. The van der Waals surface area contributed by atoms with Gasteiger partial charge in [-0.25, -0.2) is 0 Å². The monoisotopic (exact) mass is 210 g/mol. The van der Waals surface area contributed by atoms with E-state index in [0.29, 0.717) is 0 Å². The lowest BCUT2D eigenvalue weighted by molar-refractivity contribution is 1.02. The number of aryl methyl sites for hydroxylation is 1. The Labute approximate surface area is 97.3 Å². The van der Waals surface area contributed by atoms with Crippen LogP contribution < -0.4 is 4.90 Å². The van der Waals surface area contributed by atoms with Crippen molar-refractivity contribution in [2.75, 3.05) is 11.4 Å². The van der Waals surface area contributed by atoms with Gasteiger partial charge in [0.05, 0.1) is 0 Å². The van der Waals surface area contributed by atoms with Crippen LogP contribution in [0.25, 0.3) is 0 Å². The Morgan fingerprint density at radius 2 is 1.81 bits per heavy atom. The largest absolute Gasteiger partial charge is 0.341 e. The van der Waals surface area contributed by atoms with E-state index in [4.69, 9.17) is 0 Å². The standard InChI is InChI=1S/C15H16N/c1-3-16(14-7-5-4-6-8-14)15-11-9-13(2)10-12-15/h4-7,9-12H,3H2,1-2H3. The molecule has 0 aliphatic rings. The Kier molecular flexibility index (Phi) is 3.25. The van der Waals surface area contributed by atoms with Gasteiger partial charge in [0.25, 0.3) is 0 Å². The maximum absolute atomic E-state index is 3.26. The van der Waals surface area contributed by atoms with E-state index in [2.05, 4.69) is 55.1 Å². The average molecular weight is 210 g/mol. The van der Waals surface area contributed by atoms with E-state index >= 15 is 0 Å². The van der Waals surface area contributed by atoms with Gasteiger partial charge in [-0.05, 0) is 32.0 Å². The molecule has 0 N–H and O–H groups in total. The van der Waals surface area contributed by atoms with Crippen LogP contribution in [0, 0.1) is 13.0 Å². The minimum absolute atomic E-state index is 0.948. The second-order valence-corrected chi connectivity index (χ2v) is 3.83. The molecule has 0 spiro atoms. The molecule has 0 bridgehead atoms. The summed E-state index contributed by atoms with van der Waals surface area (Å²) in [6.07, 6.45) is 0. The molecule has 1 nitrogen and oxygen atoms in total. The summed E-state index contributed by atoms with van der Waals surface area (Å²) in [6.45, 7) is 5.21. The quantitative estimate of drug-likeness (QED) is 0.741. The summed E-state index contributed by atoms with van der Waals surface area (Å²) in [5.41, 5.74) is 3.63. The van der Waals surface area contributed by atoms with Crippen molar-refractivity contribution in [3.05, 3.63) is 60.2 Å². The Bertz CT molecular complexity index is 431. The summed E-state index contributed by atoms with van der Waals surface area (Å²) in [5, 5.41) is 0. The molecule has 0 aliphatic heterocycles. The molecule has 81 valence electrons. The van der Waals surface area contributed by atoms with E-state index in [1.807, 2.05) is 18.2 Å². The van der Waals surface area contributed by atoms with Crippen molar-refractivity contribution in [1.82, 2.24) is 0 Å². The zero-order valence-electron chi connectivity index (χ0n) is 9.77. The number of para-hydroxylation sites is 1. The second-order valence-electron chi connectivity index (χ2n) is 3.83. The van der Waals surface area contributed by atoms with Gasteiger partial charge in [-0.2, -0.15) is 0 Å². The van der Waals surface area contributed by atoms with E-state index in [0.717, 1.165) is 12.2 Å². The Hall–Kier alpha value is -1.76. The number of hydrogen-bond acceptors (Lipinski definition) is 1. The van der Waals surface area contributed by atoms with Gasteiger partial charge in [0.2, 0.25) is 0 Å². The predicted octanol–water partition coefficient (Wildman–Crippen LogP) is 3.95. The maximum Gasteiger partial charge on any atom is 0.0491 e. The molecule has 1 heteroatoms. The Balaban J connectivity index is 2.33. The number of hydrogen-bond donors (Lipinski definition) is 0. The van der Waals surface area contributed by atoms with E-state index < -0.39 is 0 Å². The van der Waals surface area contributed by atoms with Crippen LogP contribution >= 0.6 is 0 Å². The zero-order valence-corrected chi connectivity index (χ0v) is 9.77. The van der Waals surface area contributed by atoms with Crippen LogP contribution in [0.15, 0.2) is 48.5 Å². The number of anilines is 2. The SMILES string of the molecule is CCN(c1[c]cccc1)c1ccc(C)cc1.